The molecular formula is C19H21FN2OS. The van der Waals surface area contributed by atoms with Gasteiger partial charge in [-0.2, -0.15) is 0 Å². The molecule has 1 aromatic heterocycles. The number of hydrogen-bond donors (Lipinski definition) is 1. The first kappa shape index (κ1) is 14.8. The van der Waals surface area contributed by atoms with Crippen LogP contribution in [0.2, 0.25) is 0 Å². The first-order chi connectivity index (χ1) is 11.6. The minimum absolute atomic E-state index is 0.0148. The number of fused-ring (bicyclic) bond motifs is 3. The van der Waals surface area contributed by atoms with Gasteiger partial charge in [-0.05, 0) is 69.1 Å². The molecule has 2 bridgehead atoms. The molecule has 1 N–H and O–H groups in total. The topological polar surface area (TPSA) is 32.3 Å². The van der Waals surface area contributed by atoms with E-state index in [2.05, 4.69) is 10.2 Å². The molecule has 1 amide bonds. The van der Waals surface area contributed by atoms with Gasteiger partial charge in [0.2, 0.25) is 0 Å². The number of amides is 1. The van der Waals surface area contributed by atoms with E-state index in [-0.39, 0.29) is 23.3 Å². The van der Waals surface area contributed by atoms with E-state index >= 15 is 0 Å². The van der Waals surface area contributed by atoms with Crippen molar-refractivity contribution < 1.29 is 9.18 Å². The van der Waals surface area contributed by atoms with Crippen molar-refractivity contribution in [1.82, 2.24) is 10.2 Å². The molecule has 4 heterocycles. The SMILES string of the molecule is Cc1c(F)ccc2cc(C(=O)N[C@H]3C4CCN(CC4)C34CC4)sc12. The number of nitrogens with zero attached hydrogens (tertiary/aromatic N) is 1. The van der Waals surface area contributed by atoms with Crippen LogP contribution in [-0.2, 0) is 0 Å². The van der Waals surface area contributed by atoms with Gasteiger partial charge in [-0.25, -0.2) is 4.39 Å². The average molecular weight is 344 g/mol. The summed E-state index contributed by atoms with van der Waals surface area (Å²) in [6.45, 7) is 4.17. The lowest BCUT2D eigenvalue weighted by molar-refractivity contribution is -0.00138. The summed E-state index contributed by atoms with van der Waals surface area (Å²) in [4.78, 5) is 16.2. The van der Waals surface area contributed by atoms with Crippen molar-refractivity contribution in [2.45, 2.75) is 44.2 Å². The number of halogens is 1. The molecule has 1 aliphatic carbocycles. The highest BCUT2D eigenvalue weighted by atomic mass is 32.1. The van der Waals surface area contributed by atoms with E-state index in [1.54, 1.807) is 13.0 Å². The third-order valence-electron chi connectivity index (χ3n) is 6.36. The predicted octanol–water partition coefficient (Wildman–Crippen LogP) is 3.71. The molecule has 4 aliphatic rings. The van der Waals surface area contributed by atoms with Crippen molar-refractivity contribution in [2.24, 2.45) is 5.92 Å². The van der Waals surface area contributed by atoms with E-state index in [1.165, 1.54) is 56.2 Å². The zero-order chi connectivity index (χ0) is 16.5. The average Bonchev–Trinajstić information content (AvgIpc) is 3.24. The number of aryl methyl sites for hydroxylation is 1. The Morgan fingerprint density at radius 1 is 1.33 bits per heavy atom. The highest BCUT2D eigenvalue weighted by molar-refractivity contribution is 7.21. The molecule has 3 nitrogen and oxygen atoms in total. The van der Waals surface area contributed by atoms with Crippen LogP contribution in [0.4, 0.5) is 4.39 Å². The first-order valence-corrected chi connectivity index (χ1v) is 9.65. The number of nitrogens with one attached hydrogen (secondary N) is 1. The van der Waals surface area contributed by atoms with Gasteiger partial charge in [0, 0.05) is 15.8 Å². The van der Waals surface area contributed by atoms with Crippen molar-refractivity contribution >= 4 is 27.3 Å². The molecule has 1 spiro atoms. The highest BCUT2D eigenvalue weighted by Gasteiger charge is 2.60. The fourth-order valence-corrected chi connectivity index (χ4v) is 5.92. The van der Waals surface area contributed by atoms with Gasteiger partial charge in [-0.15, -0.1) is 11.3 Å². The molecule has 126 valence electrons. The number of benzene rings is 1. The number of carbonyl (C=O) groups excluding carboxylic acids is 1. The van der Waals surface area contributed by atoms with E-state index in [0.29, 0.717) is 16.4 Å². The second-order valence-electron chi connectivity index (χ2n) is 7.58. The maximum Gasteiger partial charge on any atom is 0.261 e. The minimum Gasteiger partial charge on any atom is -0.346 e. The van der Waals surface area contributed by atoms with E-state index in [9.17, 15) is 9.18 Å². The lowest BCUT2D eigenvalue weighted by Crippen LogP contribution is -2.65. The summed E-state index contributed by atoms with van der Waals surface area (Å²) in [5, 5.41) is 4.31. The third-order valence-corrected chi connectivity index (χ3v) is 7.63. The maximum atomic E-state index is 13.7. The van der Waals surface area contributed by atoms with Crippen LogP contribution in [0.1, 0.15) is 40.9 Å². The van der Waals surface area contributed by atoms with Gasteiger partial charge in [-0.1, -0.05) is 6.07 Å². The summed E-state index contributed by atoms with van der Waals surface area (Å²) in [5.41, 5.74) is 0.883. The van der Waals surface area contributed by atoms with Gasteiger partial charge in [0.1, 0.15) is 5.82 Å². The zero-order valence-electron chi connectivity index (χ0n) is 13.8. The molecule has 2 aromatic rings. The van der Waals surface area contributed by atoms with Crippen LogP contribution in [0.5, 0.6) is 0 Å². The van der Waals surface area contributed by atoms with E-state index in [4.69, 9.17) is 0 Å². The number of hydrogen-bond acceptors (Lipinski definition) is 3. The van der Waals surface area contributed by atoms with Crippen molar-refractivity contribution in [3.63, 3.8) is 0 Å². The van der Waals surface area contributed by atoms with Crippen LogP contribution in [0.15, 0.2) is 18.2 Å². The Labute approximate surface area is 144 Å². The smallest absolute Gasteiger partial charge is 0.261 e. The Morgan fingerprint density at radius 2 is 2.08 bits per heavy atom. The molecule has 5 heteroatoms. The third kappa shape index (κ3) is 2.01. The van der Waals surface area contributed by atoms with Crippen molar-refractivity contribution in [2.75, 3.05) is 13.1 Å². The molecule has 6 rings (SSSR count). The Kier molecular flexibility index (Phi) is 3.11. The zero-order valence-corrected chi connectivity index (χ0v) is 14.6. The summed E-state index contributed by atoms with van der Waals surface area (Å²) < 4.78 is 14.6. The maximum absolute atomic E-state index is 13.7. The minimum atomic E-state index is -0.203. The lowest BCUT2D eigenvalue weighted by Gasteiger charge is -2.52. The van der Waals surface area contributed by atoms with Crippen LogP contribution < -0.4 is 5.32 Å². The van der Waals surface area contributed by atoms with Crippen LogP contribution >= 0.6 is 11.3 Å². The molecule has 3 aliphatic heterocycles. The number of thiophene rings is 1. The first-order valence-electron chi connectivity index (χ1n) is 8.83. The monoisotopic (exact) mass is 344 g/mol. The summed E-state index contributed by atoms with van der Waals surface area (Å²) in [6, 6.07) is 5.44. The summed E-state index contributed by atoms with van der Waals surface area (Å²) in [7, 11) is 0. The predicted molar refractivity (Wildman–Crippen MR) is 94.0 cm³/mol. The Balaban J connectivity index is 1.44. The van der Waals surface area contributed by atoms with E-state index in [0.717, 1.165) is 10.1 Å². The van der Waals surface area contributed by atoms with Crippen molar-refractivity contribution in [3.05, 3.63) is 34.5 Å². The van der Waals surface area contributed by atoms with E-state index in [1.807, 2.05) is 6.07 Å². The van der Waals surface area contributed by atoms with Gasteiger partial charge in [0.15, 0.2) is 0 Å². The van der Waals surface area contributed by atoms with Crippen LogP contribution in [-0.4, -0.2) is 35.5 Å². The van der Waals surface area contributed by atoms with Crippen LogP contribution in [0.25, 0.3) is 10.1 Å². The standard InChI is InChI=1S/C19H21FN2OS/c1-11-14(20)3-2-13-10-15(24-16(11)13)18(23)21-17-12-4-8-22(9-5-12)19(17)6-7-19/h2-3,10,12,17H,4-9H2,1H3,(H,21,23)/t17-/m0/s1. The molecule has 1 saturated carbocycles. The van der Waals surface area contributed by atoms with E-state index < -0.39 is 0 Å². The number of rotatable bonds is 2. The molecule has 1 atom stereocenters. The second-order valence-corrected chi connectivity index (χ2v) is 8.63. The molecule has 0 radical (unpaired) electrons. The molecule has 24 heavy (non-hydrogen) atoms. The van der Waals surface area contributed by atoms with Gasteiger partial charge >= 0.3 is 0 Å². The number of carbonyl (C=O) groups is 1. The Bertz CT molecular complexity index is 833. The number of piperidine rings is 3. The summed E-state index contributed by atoms with van der Waals surface area (Å²) in [6.07, 6.45) is 4.82. The van der Waals surface area contributed by atoms with Crippen LogP contribution in [0, 0.1) is 18.7 Å². The van der Waals surface area contributed by atoms with Gasteiger partial charge in [0.05, 0.1) is 10.9 Å². The van der Waals surface area contributed by atoms with Gasteiger partial charge in [-0.3, -0.25) is 9.69 Å². The van der Waals surface area contributed by atoms with Gasteiger partial charge in [0.25, 0.3) is 5.91 Å². The molecule has 0 unspecified atom stereocenters. The molecule has 3 saturated heterocycles. The summed E-state index contributed by atoms with van der Waals surface area (Å²) >= 11 is 1.41. The highest BCUT2D eigenvalue weighted by Crippen LogP contribution is 2.53. The normalized spacial score (nSPS) is 30.0. The van der Waals surface area contributed by atoms with Gasteiger partial charge < -0.3 is 5.32 Å². The molecule has 4 fully saturated rings. The Morgan fingerprint density at radius 3 is 2.79 bits per heavy atom. The van der Waals surface area contributed by atoms with Crippen LogP contribution in [0.3, 0.4) is 0 Å². The Hall–Kier alpha value is -1.46. The quantitative estimate of drug-likeness (QED) is 0.901. The molecular weight excluding hydrogens is 323 g/mol. The fraction of sp³-hybridized carbons (Fsp3) is 0.526. The molecule has 1 aromatic carbocycles. The fourth-order valence-electron chi connectivity index (χ4n) is 4.86. The largest absolute Gasteiger partial charge is 0.346 e. The second kappa shape index (κ2) is 5.02. The van der Waals surface area contributed by atoms with Crippen molar-refractivity contribution in [3.8, 4) is 0 Å². The van der Waals surface area contributed by atoms with Crippen molar-refractivity contribution in [1.29, 1.82) is 0 Å². The lowest BCUT2D eigenvalue weighted by atomic mass is 9.77. The summed E-state index contributed by atoms with van der Waals surface area (Å²) in [5.74, 6) is 0.432.